The van der Waals surface area contributed by atoms with E-state index in [2.05, 4.69) is 90.3 Å². The number of anilines is 2. The largest absolute Gasteiger partial charge is 0.381 e. The summed E-state index contributed by atoms with van der Waals surface area (Å²) >= 11 is 3.44. The van der Waals surface area contributed by atoms with Gasteiger partial charge in [-0.25, -0.2) is 10.1 Å². The summed E-state index contributed by atoms with van der Waals surface area (Å²) in [6, 6.07) is 16.6. The van der Waals surface area contributed by atoms with Crippen molar-refractivity contribution in [1.82, 2.24) is 15.2 Å². The van der Waals surface area contributed by atoms with Crippen molar-refractivity contribution >= 4 is 27.6 Å². The molecule has 0 aliphatic rings. The van der Waals surface area contributed by atoms with Crippen molar-refractivity contribution in [2.45, 2.75) is 13.1 Å². The van der Waals surface area contributed by atoms with E-state index in [0.717, 1.165) is 16.7 Å². The van der Waals surface area contributed by atoms with Crippen LogP contribution in [0.4, 0.5) is 11.6 Å². The summed E-state index contributed by atoms with van der Waals surface area (Å²) in [5.74, 6) is 0.678. The van der Waals surface area contributed by atoms with E-state index in [1.54, 1.807) is 0 Å². The van der Waals surface area contributed by atoms with Gasteiger partial charge in [-0.2, -0.15) is 5.10 Å². The number of aromatic amines is 1. The Morgan fingerprint density at radius 3 is 2.14 bits per heavy atom. The lowest BCUT2D eigenvalue weighted by Gasteiger charge is -2.08. The Kier molecular flexibility index (Phi) is 4.70. The Morgan fingerprint density at radius 2 is 1.50 bits per heavy atom. The second-order valence-electron chi connectivity index (χ2n) is 4.86. The van der Waals surface area contributed by atoms with Gasteiger partial charge in [0.2, 0.25) is 5.95 Å². The predicted molar refractivity (Wildman–Crippen MR) is 91.6 cm³/mol. The smallest absolute Gasteiger partial charge is 0.218 e. The fourth-order valence-electron chi connectivity index (χ4n) is 2.02. The standard InChI is InChI=1S/C16H16BrN5/c17-14-5-1-12(2-6-14)9-18-15-7-3-13(4-8-15)10-19-16-20-11-21-22-16/h1-8,11,18H,9-10H2,(H2,19,20,21,22). The quantitative estimate of drug-likeness (QED) is 0.627. The Morgan fingerprint density at radius 1 is 0.864 bits per heavy atom. The van der Waals surface area contributed by atoms with Crippen molar-refractivity contribution in [2.24, 2.45) is 0 Å². The van der Waals surface area contributed by atoms with E-state index in [1.165, 1.54) is 17.5 Å². The molecule has 0 spiro atoms. The normalized spacial score (nSPS) is 10.4. The molecule has 3 N–H and O–H groups in total. The number of benzene rings is 2. The zero-order valence-electron chi connectivity index (χ0n) is 11.9. The van der Waals surface area contributed by atoms with Crippen molar-refractivity contribution in [3.8, 4) is 0 Å². The van der Waals surface area contributed by atoms with Crippen molar-refractivity contribution < 1.29 is 0 Å². The van der Waals surface area contributed by atoms with Crippen LogP contribution in [-0.2, 0) is 13.1 Å². The van der Waals surface area contributed by atoms with Gasteiger partial charge in [-0.15, -0.1) is 0 Å². The fourth-order valence-corrected chi connectivity index (χ4v) is 2.29. The first-order valence-electron chi connectivity index (χ1n) is 6.96. The van der Waals surface area contributed by atoms with Gasteiger partial charge in [0.05, 0.1) is 0 Å². The predicted octanol–water partition coefficient (Wildman–Crippen LogP) is 3.79. The van der Waals surface area contributed by atoms with Crippen LogP contribution in [0.3, 0.4) is 0 Å². The third-order valence-corrected chi connectivity index (χ3v) is 3.77. The summed E-state index contributed by atoms with van der Waals surface area (Å²) in [6.07, 6.45) is 1.48. The maximum Gasteiger partial charge on any atom is 0.218 e. The maximum atomic E-state index is 4.02. The summed E-state index contributed by atoms with van der Waals surface area (Å²) in [7, 11) is 0. The first kappa shape index (κ1) is 14.6. The number of nitrogens with zero attached hydrogens (tertiary/aromatic N) is 2. The minimum atomic E-state index is 0.678. The minimum Gasteiger partial charge on any atom is -0.381 e. The van der Waals surface area contributed by atoms with Crippen LogP contribution in [0.5, 0.6) is 0 Å². The SMILES string of the molecule is Brc1ccc(CNc2ccc(CNc3ncn[nH]3)cc2)cc1. The molecule has 0 amide bonds. The third-order valence-electron chi connectivity index (χ3n) is 3.24. The van der Waals surface area contributed by atoms with E-state index in [-0.39, 0.29) is 0 Å². The molecule has 1 heterocycles. The van der Waals surface area contributed by atoms with Crippen molar-refractivity contribution in [2.75, 3.05) is 10.6 Å². The topological polar surface area (TPSA) is 65.6 Å². The lowest BCUT2D eigenvalue weighted by atomic mass is 10.2. The molecule has 6 heteroatoms. The number of hydrogen-bond donors (Lipinski definition) is 3. The highest BCUT2D eigenvalue weighted by Gasteiger charge is 1.98. The molecule has 0 atom stereocenters. The Bertz CT molecular complexity index is 692. The van der Waals surface area contributed by atoms with Crippen LogP contribution in [-0.4, -0.2) is 15.2 Å². The van der Waals surface area contributed by atoms with Crippen LogP contribution in [0.15, 0.2) is 59.3 Å². The Hall–Kier alpha value is -2.34. The first-order valence-corrected chi connectivity index (χ1v) is 7.75. The van der Waals surface area contributed by atoms with Gasteiger partial charge >= 0.3 is 0 Å². The lowest BCUT2D eigenvalue weighted by Crippen LogP contribution is -2.02. The van der Waals surface area contributed by atoms with Gasteiger partial charge in [-0.05, 0) is 35.4 Å². The van der Waals surface area contributed by atoms with Crippen LogP contribution in [0.2, 0.25) is 0 Å². The molecule has 1 aromatic heterocycles. The van der Waals surface area contributed by atoms with E-state index >= 15 is 0 Å². The van der Waals surface area contributed by atoms with E-state index in [1.807, 2.05) is 0 Å². The van der Waals surface area contributed by atoms with E-state index in [9.17, 15) is 0 Å². The number of nitrogens with one attached hydrogen (secondary N) is 3. The van der Waals surface area contributed by atoms with Gasteiger partial charge in [-0.1, -0.05) is 40.2 Å². The van der Waals surface area contributed by atoms with E-state index in [0.29, 0.717) is 12.5 Å². The molecule has 2 aromatic carbocycles. The molecule has 3 rings (SSSR count). The highest BCUT2D eigenvalue weighted by Crippen LogP contribution is 2.14. The second kappa shape index (κ2) is 7.09. The number of H-pyrrole nitrogens is 1. The van der Waals surface area contributed by atoms with Gasteiger partial charge in [0.15, 0.2) is 0 Å². The molecule has 0 radical (unpaired) electrons. The van der Waals surface area contributed by atoms with Gasteiger partial charge < -0.3 is 10.6 Å². The third kappa shape index (κ3) is 4.08. The molecule has 0 saturated heterocycles. The molecule has 112 valence electrons. The Labute approximate surface area is 137 Å². The zero-order chi connectivity index (χ0) is 15.2. The van der Waals surface area contributed by atoms with Crippen molar-refractivity contribution in [1.29, 1.82) is 0 Å². The number of halogens is 1. The number of hydrogen-bond acceptors (Lipinski definition) is 4. The summed E-state index contributed by atoms with van der Waals surface area (Å²) < 4.78 is 1.10. The highest BCUT2D eigenvalue weighted by molar-refractivity contribution is 9.10. The monoisotopic (exact) mass is 357 g/mol. The average molecular weight is 358 g/mol. The molecule has 0 aliphatic heterocycles. The first-order chi connectivity index (χ1) is 10.8. The molecule has 0 bridgehead atoms. The van der Waals surface area contributed by atoms with Crippen LogP contribution < -0.4 is 10.6 Å². The van der Waals surface area contributed by atoms with E-state index in [4.69, 9.17) is 0 Å². The molecule has 0 saturated carbocycles. The van der Waals surface area contributed by atoms with E-state index < -0.39 is 0 Å². The molecule has 0 unspecified atom stereocenters. The number of rotatable bonds is 6. The number of aromatic nitrogens is 3. The van der Waals surface area contributed by atoms with Crippen LogP contribution in [0, 0.1) is 0 Å². The van der Waals surface area contributed by atoms with Crippen LogP contribution in [0.25, 0.3) is 0 Å². The molecule has 0 aliphatic carbocycles. The van der Waals surface area contributed by atoms with Crippen LogP contribution in [0.1, 0.15) is 11.1 Å². The molecule has 5 nitrogen and oxygen atoms in total. The molecule has 3 aromatic rings. The Balaban J connectivity index is 1.51. The zero-order valence-corrected chi connectivity index (χ0v) is 13.5. The highest BCUT2D eigenvalue weighted by atomic mass is 79.9. The van der Waals surface area contributed by atoms with Gasteiger partial charge in [0.1, 0.15) is 6.33 Å². The fraction of sp³-hybridized carbons (Fsp3) is 0.125. The molecule has 22 heavy (non-hydrogen) atoms. The summed E-state index contributed by atoms with van der Waals surface area (Å²) in [5.41, 5.74) is 3.54. The van der Waals surface area contributed by atoms with Crippen molar-refractivity contribution in [3.63, 3.8) is 0 Å². The summed E-state index contributed by atoms with van der Waals surface area (Å²) in [6.45, 7) is 1.52. The van der Waals surface area contributed by atoms with Gasteiger partial charge in [0.25, 0.3) is 0 Å². The lowest BCUT2D eigenvalue weighted by molar-refractivity contribution is 1.04. The molecular formula is C16H16BrN5. The molecular weight excluding hydrogens is 342 g/mol. The summed E-state index contributed by atoms with van der Waals surface area (Å²) in [5, 5.41) is 13.2. The second-order valence-corrected chi connectivity index (χ2v) is 5.78. The van der Waals surface area contributed by atoms with Gasteiger partial charge in [-0.3, -0.25) is 0 Å². The van der Waals surface area contributed by atoms with Crippen molar-refractivity contribution in [3.05, 3.63) is 70.5 Å². The maximum absolute atomic E-state index is 4.02. The molecule has 0 fully saturated rings. The summed E-state index contributed by atoms with van der Waals surface area (Å²) in [4.78, 5) is 4.02. The van der Waals surface area contributed by atoms with Crippen LogP contribution >= 0.6 is 15.9 Å². The average Bonchev–Trinajstić information content (AvgIpc) is 3.07. The minimum absolute atomic E-state index is 0.678. The van der Waals surface area contributed by atoms with Gasteiger partial charge in [0, 0.05) is 23.2 Å².